The van der Waals surface area contributed by atoms with E-state index in [-0.39, 0.29) is 19.0 Å². The van der Waals surface area contributed by atoms with Crippen LogP contribution in [0.1, 0.15) is 19.4 Å². The van der Waals surface area contributed by atoms with Gasteiger partial charge in [0.25, 0.3) is 0 Å². The van der Waals surface area contributed by atoms with Gasteiger partial charge in [-0.3, -0.25) is 4.57 Å². The second-order valence-electron chi connectivity index (χ2n) is 4.93. The number of rotatable bonds is 5. The van der Waals surface area contributed by atoms with E-state index in [2.05, 4.69) is 5.32 Å². The highest BCUT2D eigenvalue weighted by atomic mass is 31.2. The summed E-state index contributed by atoms with van der Waals surface area (Å²) in [6, 6.07) is 4.54. The molecule has 1 aromatic rings. The molecule has 1 aliphatic heterocycles. The molecule has 0 radical (unpaired) electrons. The number of benzene rings is 1. The van der Waals surface area contributed by atoms with Gasteiger partial charge in [-0.1, -0.05) is 0 Å². The van der Waals surface area contributed by atoms with Gasteiger partial charge in [-0.2, -0.15) is 0 Å². The lowest BCUT2D eigenvalue weighted by Gasteiger charge is -2.19. The molecule has 1 N–H and O–H groups in total. The Morgan fingerprint density at radius 1 is 1.36 bits per heavy atom. The van der Waals surface area contributed by atoms with Crippen molar-refractivity contribution >= 4 is 19.0 Å². The van der Waals surface area contributed by atoms with Gasteiger partial charge in [-0.25, -0.2) is 4.39 Å². The molecule has 22 heavy (non-hydrogen) atoms. The average Bonchev–Trinajstić information content (AvgIpc) is 2.59. The molecule has 0 unspecified atom stereocenters. The summed E-state index contributed by atoms with van der Waals surface area (Å²) < 4.78 is 36.9. The molecule has 2 rings (SSSR count). The van der Waals surface area contributed by atoms with E-state index < -0.39 is 7.60 Å². The number of nitrogens with one attached hydrogen (secondary N) is 1. The van der Waals surface area contributed by atoms with Crippen LogP contribution in [0.15, 0.2) is 24.0 Å². The first-order chi connectivity index (χ1) is 10.5. The first kappa shape index (κ1) is 17.0. The summed E-state index contributed by atoms with van der Waals surface area (Å²) in [7, 11) is -1.43. The summed E-state index contributed by atoms with van der Waals surface area (Å²) in [5, 5.41) is 3.22. The predicted octanol–water partition coefficient (Wildman–Crippen LogP) is 3.43. The fourth-order valence-electron chi connectivity index (χ4n) is 2.37. The molecule has 122 valence electrons. The number of nitrogens with zero attached hydrogens (tertiary/aromatic N) is 1. The fraction of sp³-hybridized carbons (Fsp3) is 0.467. The van der Waals surface area contributed by atoms with Crippen LogP contribution in [0.5, 0.6) is 0 Å². The number of fused-ring (bicyclic) bond motifs is 1. The molecule has 0 spiro atoms. The minimum atomic E-state index is -3.33. The van der Waals surface area contributed by atoms with Crippen LogP contribution in [0.25, 0.3) is 5.70 Å². The van der Waals surface area contributed by atoms with E-state index in [0.717, 1.165) is 11.3 Å². The van der Waals surface area contributed by atoms with Crippen LogP contribution in [0.4, 0.5) is 10.1 Å². The van der Waals surface area contributed by atoms with Crippen LogP contribution >= 0.6 is 7.60 Å². The SMILES string of the molecule is CCOP(=O)(/C=C1\NCCN(C)c2cc(F)ccc21)OCC. The summed E-state index contributed by atoms with van der Waals surface area (Å²) in [5.41, 5.74) is 2.17. The van der Waals surface area contributed by atoms with Crippen molar-refractivity contribution in [3.05, 3.63) is 35.4 Å². The molecule has 0 atom stereocenters. The minimum Gasteiger partial charge on any atom is -0.382 e. The maximum atomic E-state index is 13.5. The zero-order valence-corrected chi connectivity index (χ0v) is 14.0. The van der Waals surface area contributed by atoms with E-state index in [9.17, 15) is 8.96 Å². The Balaban J connectivity index is 2.48. The van der Waals surface area contributed by atoms with E-state index in [1.807, 2.05) is 11.9 Å². The third-order valence-electron chi connectivity index (χ3n) is 3.33. The molecular weight excluding hydrogens is 306 g/mol. The largest absolute Gasteiger partial charge is 0.382 e. The van der Waals surface area contributed by atoms with Gasteiger partial charge in [0.15, 0.2) is 0 Å². The van der Waals surface area contributed by atoms with Crippen LogP contribution in [0.2, 0.25) is 0 Å². The zero-order valence-electron chi connectivity index (χ0n) is 13.1. The normalized spacial score (nSPS) is 17.1. The number of likely N-dealkylation sites (N-methyl/N-ethyl adjacent to an activating group) is 1. The van der Waals surface area contributed by atoms with Gasteiger partial charge >= 0.3 is 7.60 Å². The number of halogens is 1. The molecule has 0 fully saturated rings. The van der Waals surface area contributed by atoms with Crippen molar-refractivity contribution in [1.82, 2.24) is 5.32 Å². The van der Waals surface area contributed by atoms with Crippen molar-refractivity contribution in [2.75, 3.05) is 38.3 Å². The van der Waals surface area contributed by atoms with Crippen molar-refractivity contribution in [3.63, 3.8) is 0 Å². The molecule has 1 aromatic carbocycles. The monoisotopic (exact) mass is 328 g/mol. The van der Waals surface area contributed by atoms with Gasteiger partial charge in [0.1, 0.15) is 5.82 Å². The van der Waals surface area contributed by atoms with Gasteiger partial charge in [-0.05, 0) is 32.0 Å². The van der Waals surface area contributed by atoms with Gasteiger partial charge in [0.2, 0.25) is 0 Å². The third kappa shape index (κ3) is 3.88. The van der Waals surface area contributed by atoms with Crippen molar-refractivity contribution in [2.24, 2.45) is 0 Å². The smallest absolute Gasteiger partial charge is 0.356 e. The highest BCUT2D eigenvalue weighted by Gasteiger charge is 2.24. The minimum absolute atomic E-state index is 0.289. The molecule has 0 saturated carbocycles. The van der Waals surface area contributed by atoms with E-state index >= 15 is 0 Å². The predicted molar refractivity (Wildman–Crippen MR) is 86.5 cm³/mol. The number of hydrogen-bond acceptors (Lipinski definition) is 5. The van der Waals surface area contributed by atoms with Crippen LogP contribution in [0.3, 0.4) is 0 Å². The first-order valence-corrected chi connectivity index (χ1v) is 8.97. The van der Waals surface area contributed by atoms with Gasteiger partial charge in [0.05, 0.1) is 24.7 Å². The summed E-state index contributed by atoms with van der Waals surface area (Å²) in [5.74, 6) is 1.19. The zero-order chi connectivity index (χ0) is 16.2. The molecule has 1 heterocycles. The van der Waals surface area contributed by atoms with E-state index in [1.165, 1.54) is 17.9 Å². The van der Waals surface area contributed by atoms with Crippen molar-refractivity contribution < 1.29 is 18.0 Å². The highest BCUT2D eigenvalue weighted by molar-refractivity contribution is 7.57. The molecule has 0 amide bonds. The van der Waals surface area contributed by atoms with Crippen LogP contribution in [0, 0.1) is 5.82 Å². The van der Waals surface area contributed by atoms with Crippen molar-refractivity contribution in [3.8, 4) is 0 Å². The van der Waals surface area contributed by atoms with E-state index in [1.54, 1.807) is 19.9 Å². The summed E-state index contributed by atoms with van der Waals surface area (Å²) >= 11 is 0. The molecular formula is C15H22FN2O3P. The summed E-state index contributed by atoms with van der Waals surface area (Å²) in [6.07, 6.45) is 0. The van der Waals surface area contributed by atoms with Gasteiger partial charge in [0, 0.05) is 31.4 Å². The topological polar surface area (TPSA) is 50.8 Å². The Bertz CT molecular complexity index is 596. The molecule has 1 aliphatic rings. The molecule has 0 saturated heterocycles. The van der Waals surface area contributed by atoms with Crippen molar-refractivity contribution in [2.45, 2.75) is 13.8 Å². The summed E-state index contributed by atoms with van der Waals surface area (Å²) in [4.78, 5) is 1.96. The second-order valence-corrected chi connectivity index (χ2v) is 6.78. The lowest BCUT2D eigenvalue weighted by atomic mass is 10.1. The molecule has 0 aliphatic carbocycles. The Labute approximate surface area is 130 Å². The lowest BCUT2D eigenvalue weighted by molar-refractivity contribution is 0.229. The maximum absolute atomic E-state index is 13.5. The third-order valence-corrected chi connectivity index (χ3v) is 5.14. The van der Waals surface area contributed by atoms with E-state index in [0.29, 0.717) is 18.8 Å². The average molecular weight is 328 g/mol. The van der Waals surface area contributed by atoms with Gasteiger partial charge in [-0.15, -0.1) is 0 Å². The molecule has 5 nitrogen and oxygen atoms in total. The second kappa shape index (κ2) is 7.27. The standard InChI is InChI=1S/C15H22FN2O3P/c1-4-20-22(19,21-5-2)11-14-13-7-6-12(16)10-15(13)18(3)9-8-17-14/h6-7,10-11,17H,4-5,8-9H2,1-3H3/b14-11-. The Morgan fingerprint density at radius 2 is 2.05 bits per heavy atom. The fourth-order valence-corrected chi connectivity index (χ4v) is 3.86. The number of anilines is 1. The maximum Gasteiger partial charge on any atom is 0.356 e. The van der Waals surface area contributed by atoms with Crippen LogP contribution < -0.4 is 10.2 Å². The lowest BCUT2D eigenvalue weighted by Crippen LogP contribution is -2.24. The van der Waals surface area contributed by atoms with Crippen LogP contribution in [-0.4, -0.2) is 33.4 Å². The highest BCUT2D eigenvalue weighted by Crippen LogP contribution is 2.51. The quantitative estimate of drug-likeness (QED) is 0.839. The molecule has 0 bridgehead atoms. The Kier molecular flexibility index (Phi) is 5.62. The first-order valence-electron chi connectivity index (χ1n) is 7.35. The van der Waals surface area contributed by atoms with Crippen LogP contribution in [-0.2, 0) is 13.6 Å². The summed E-state index contributed by atoms with van der Waals surface area (Å²) in [6.45, 7) is 5.47. The Morgan fingerprint density at radius 3 is 2.68 bits per heavy atom. The van der Waals surface area contributed by atoms with Gasteiger partial charge < -0.3 is 19.3 Å². The molecule has 0 aromatic heterocycles. The van der Waals surface area contributed by atoms with Crippen molar-refractivity contribution in [1.29, 1.82) is 0 Å². The number of hydrogen-bond donors (Lipinski definition) is 1. The molecule has 7 heteroatoms. The van der Waals surface area contributed by atoms with E-state index in [4.69, 9.17) is 9.05 Å². The Hall–Kier alpha value is -1.36.